The minimum absolute atomic E-state index is 0.214. The van der Waals surface area contributed by atoms with Crippen molar-refractivity contribution in [1.82, 2.24) is 0 Å². The van der Waals surface area contributed by atoms with Crippen LogP contribution in [0.15, 0.2) is 28.5 Å². The number of allylic oxidation sites excluding steroid dienone is 1. The average Bonchev–Trinajstić information content (AvgIpc) is 2.15. The summed E-state index contributed by atoms with van der Waals surface area (Å²) in [6.45, 7) is 2.30. The summed E-state index contributed by atoms with van der Waals surface area (Å²) in [7, 11) is 0. The molecule has 0 aromatic carbocycles. The van der Waals surface area contributed by atoms with Crippen LogP contribution in [-0.4, -0.2) is 6.04 Å². The standard InChI is InChI=1S/C13H17N/c1-2-9-3-8-4-11(5-8)13(14)12-6-10(9)7-12/h6,9-10,13H,2-4,7,14H2,1H3/t9-,10?,13+/m1/s1. The summed E-state index contributed by atoms with van der Waals surface area (Å²) in [4.78, 5) is 0. The zero-order valence-electron chi connectivity index (χ0n) is 8.72. The Morgan fingerprint density at radius 1 is 1.50 bits per heavy atom. The predicted molar refractivity (Wildman–Crippen MR) is 57.7 cm³/mol. The lowest BCUT2D eigenvalue weighted by molar-refractivity contribution is 0.346. The molecule has 0 heterocycles. The molecule has 74 valence electrons. The summed E-state index contributed by atoms with van der Waals surface area (Å²) in [5, 5.41) is 0. The summed E-state index contributed by atoms with van der Waals surface area (Å²) in [6, 6.07) is 0.214. The molecule has 0 saturated heterocycles. The van der Waals surface area contributed by atoms with E-state index in [2.05, 4.69) is 18.7 Å². The summed E-state index contributed by atoms with van der Waals surface area (Å²) in [5.41, 5.74) is 13.9. The summed E-state index contributed by atoms with van der Waals surface area (Å²) in [5.74, 6) is 1.67. The molecule has 6 rings (SSSR count). The van der Waals surface area contributed by atoms with Crippen molar-refractivity contribution >= 4 is 0 Å². The second-order valence-corrected chi connectivity index (χ2v) is 4.89. The van der Waals surface area contributed by atoms with Gasteiger partial charge in [-0.05, 0) is 35.8 Å². The predicted octanol–water partition coefficient (Wildman–Crippen LogP) is 2.55. The van der Waals surface area contributed by atoms with Gasteiger partial charge >= 0.3 is 0 Å². The highest BCUT2D eigenvalue weighted by molar-refractivity contribution is 5.41. The Hall–Kier alpha value is -0.780. The molecule has 0 aromatic rings. The summed E-state index contributed by atoms with van der Waals surface area (Å²) < 4.78 is 0. The Labute approximate surface area is 85.4 Å². The van der Waals surface area contributed by atoms with Gasteiger partial charge in [-0.1, -0.05) is 25.0 Å². The topological polar surface area (TPSA) is 26.0 Å². The fraction of sp³-hybridized carbons (Fsp3) is 0.615. The minimum atomic E-state index is 0.214. The Bertz CT molecular complexity index is 369. The van der Waals surface area contributed by atoms with E-state index in [1.54, 1.807) is 0 Å². The molecular weight excluding hydrogens is 170 g/mol. The monoisotopic (exact) mass is 187 g/mol. The van der Waals surface area contributed by atoms with E-state index in [0.29, 0.717) is 0 Å². The maximum atomic E-state index is 6.14. The molecule has 0 spiro atoms. The average molecular weight is 187 g/mol. The SMILES string of the molecule is CC[C@@H]1CC2=C=C(C2)[C@H](N)C2=CC1C2. The quantitative estimate of drug-likeness (QED) is 0.495. The van der Waals surface area contributed by atoms with E-state index in [1.165, 1.54) is 36.0 Å². The van der Waals surface area contributed by atoms with Crippen molar-refractivity contribution in [2.45, 2.75) is 38.6 Å². The van der Waals surface area contributed by atoms with Crippen LogP contribution in [0.2, 0.25) is 0 Å². The Balaban J connectivity index is 1.96. The van der Waals surface area contributed by atoms with Crippen LogP contribution in [0.4, 0.5) is 0 Å². The fourth-order valence-corrected chi connectivity index (χ4v) is 2.94. The zero-order chi connectivity index (χ0) is 9.71. The molecule has 0 aliphatic heterocycles. The van der Waals surface area contributed by atoms with E-state index in [-0.39, 0.29) is 6.04 Å². The largest absolute Gasteiger partial charge is 0.320 e. The molecule has 1 nitrogen and oxygen atoms in total. The molecule has 3 atom stereocenters. The van der Waals surface area contributed by atoms with Gasteiger partial charge in [0.2, 0.25) is 0 Å². The second kappa shape index (κ2) is 2.85. The van der Waals surface area contributed by atoms with E-state index in [4.69, 9.17) is 5.73 Å². The van der Waals surface area contributed by atoms with Gasteiger partial charge in [-0.15, -0.1) is 5.73 Å². The smallest absolute Gasteiger partial charge is 0.0549 e. The molecule has 14 heavy (non-hydrogen) atoms. The number of hydrogen-bond acceptors (Lipinski definition) is 1. The Morgan fingerprint density at radius 3 is 2.86 bits per heavy atom. The van der Waals surface area contributed by atoms with E-state index >= 15 is 0 Å². The molecule has 2 N–H and O–H groups in total. The van der Waals surface area contributed by atoms with Crippen molar-refractivity contribution in [3.63, 3.8) is 0 Å². The first-order chi connectivity index (χ1) is 6.78. The second-order valence-electron chi connectivity index (χ2n) is 4.89. The van der Waals surface area contributed by atoms with E-state index in [1.807, 2.05) is 0 Å². The maximum Gasteiger partial charge on any atom is 0.0549 e. The van der Waals surface area contributed by atoms with Gasteiger partial charge in [-0.2, -0.15) is 0 Å². The van der Waals surface area contributed by atoms with Gasteiger partial charge in [0.25, 0.3) is 0 Å². The van der Waals surface area contributed by atoms with Gasteiger partial charge in [0, 0.05) is 6.42 Å². The van der Waals surface area contributed by atoms with E-state index in [0.717, 1.165) is 18.3 Å². The van der Waals surface area contributed by atoms with Gasteiger partial charge in [-0.25, -0.2) is 0 Å². The van der Waals surface area contributed by atoms with Crippen LogP contribution in [-0.2, 0) is 0 Å². The first-order valence-corrected chi connectivity index (χ1v) is 5.71. The Morgan fingerprint density at radius 2 is 2.21 bits per heavy atom. The maximum absolute atomic E-state index is 6.14. The normalized spacial score (nSPS) is 39.0. The van der Waals surface area contributed by atoms with Gasteiger partial charge in [0.05, 0.1) is 6.04 Å². The molecule has 1 heteroatoms. The molecule has 6 aliphatic carbocycles. The van der Waals surface area contributed by atoms with Crippen LogP contribution >= 0.6 is 0 Å². The highest BCUT2D eigenvalue weighted by Crippen LogP contribution is 2.44. The van der Waals surface area contributed by atoms with Crippen molar-refractivity contribution in [2.24, 2.45) is 17.6 Å². The van der Waals surface area contributed by atoms with Crippen molar-refractivity contribution in [2.75, 3.05) is 0 Å². The van der Waals surface area contributed by atoms with Gasteiger partial charge in [-0.3, -0.25) is 0 Å². The molecule has 6 aliphatic rings. The van der Waals surface area contributed by atoms with E-state index < -0.39 is 0 Å². The van der Waals surface area contributed by atoms with Crippen LogP contribution < -0.4 is 5.73 Å². The molecule has 1 fully saturated rings. The van der Waals surface area contributed by atoms with Crippen LogP contribution in [0.25, 0.3) is 0 Å². The number of hydrogen-bond donors (Lipinski definition) is 1. The van der Waals surface area contributed by atoms with Crippen molar-refractivity contribution in [3.8, 4) is 0 Å². The lowest BCUT2D eigenvalue weighted by atomic mass is 9.73. The molecule has 4 bridgehead atoms. The third kappa shape index (κ3) is 1.06. The first kappa shape index (κ1) is 8.52. The molecule has 0 aromatic heterocycles. The van der Waals surface area contributed by atoms with Crippen molar-refractivity contribution < 1.29 is 0 Å². The lowest BCUT2D eigenvalue weighted by Crippen LogP contribution is -2.32. The molecule has 1 saturated carbocycles. The molecule has 1 unspecified atom stereocenters. The lowest BCUT2D eigenvalue weighted by Gasteiger charge is -2.33. The third-order valence-electron chi connectivity index (χ3n) is 4.05. The highest BCUT2D eigenvalue weighted by atomic mass is 14.7. The van der Waals surface area contributed by atoms with Crippen LogP contribution in [0, 0.1) is 11.8 Å². The van der Waals surface area contributed by atoms with Crippen LogP contribution in [0.3, 0.4) is 0 Å². The number of rotatable bonds is 1. The molecular formula is C13H17N. The fourth-order valence-electron chi connectivity index (χ4n) is 2.94. The number of nitrogens with two attached hydrogens (primary N) is 1. The van der Waals surface area contributed by atoms with Gasteiger partial charge < -0.3 is 5.73 Å². The van der Waals surface area contributed by atoms with Gasteiger partial charge in [0.15, 0.2) is 0 Å². The summed E-state index contributed by atoms with van der Waals surface area (Å²) >= 11 is 0. The summed E-state index contributed by atoms with van der Waals surface area (Å²) in [6.07, 6.45) is 7.37. The first-order valence-electron chi connectivity index (χ1n) is 5.71. The molecule has 0 amide bonds. The minimum Gasteiger partial charge on any atom is -0.320 e. The van der Waals surface area contributed by atoms with Gasteiger partial charge in [0.1, 0.15) is 0 Å². The van der Waals surface area contributed by atoms with Crippen molar-refractivity contribution in [3.05, 3.63) is 28.5 Å². The third-order valence-corrected chi connectivity index (χ3v) is 4.05. The van der Waals surface area contributed by atoms with Crippen LogP contribution in [0.1, 0.15) is 32.6 Å². The van der Waals surface area contributed by atoms with Crippen molar-refractivity contribution in [1.29, 1.82) is 0 Å². The molecule has 0 radical (unpaired) electrons. The van der Waals surface area contributed by atoms with Crippen LogP contribution in [0.5, 0.6) is 0 Å². The zero-order valence-corrected chi connectivity index (χ0v) is 8.72. The highest BCUT2D eigenvalue weighted by Gasteiger charge is 2.35. The Kier molecular flexibility index (Phi) is 1.74. The van der Waals surface area contributed by atoms with E-state index in [9.17, 15) is 0 Å².